The molecule has 0 radical (unpaired) electrons. The number of likely N-dealkylation sites (tertiary alicyclic amines) is 1. The molecule has 1 saturated heterocycles. The van der Waals surface area contributed by atoms with Crippen LogP contribution >= 0.6 is 11.3 Å². The maximum absolute atomic E-state index is 12.8. The Hall–Kier alpha value is -1.73. The van der Waals surface area contributed by atoms with Crippen LogP contribution in [0.3, 0.4) is 0 Å². The van der Waals surface area contributed by atoms with E-state index in [1.807, 2.05) is 13.8 Å². The number of rotatable bonds is 7. The number of carbonyl (C=O) groups excluding carboxylic acids is 1. The molecule has 1 aliphatic heterocycles. The third-order valence-corrected chi connectivity index (χ3v) is 5.55. The van der Waals surface area contributed by atoms with Gasteiger partial charge in [-0.15, -0.1) is 21.5 Å². The predicted molar refractivity (Wildman–Crippen MR) is 94.8 cm³/mol. The fourth-order valence-electron chi connectivity index (χ4n) is 3.38. The molecular weight excluding hydrogens is 322 g/mol. The summed E-state index contributed by atoms with van der Waals surface area (Å²) in [6.07, 6.45) is 5.71. The van der Waals surface area contributed by atoms with Crippen LogP contribution in [0.1, 0.15) is 43.6 Å². The van der Waals surface area contributed by atoms with Crippen LogP contribution in [0.5, 0.6) is 0 Å². The Morgan fingerprint density at radius 1 is 1.29 bits per heavy atom. The lowest BCUT2D eigenvalue weighted by molar-refractivity contribution is -0.125. The number of nitrogens with one attached hydrogen (secondary N) is 1. The lowest BCUT2D eigenvalue weighted by atomic mass is 10.0. The molecule has 6 nitrogen and oxygen atoms in total. The molecule has 2 aromatic heterocycles. The van der Waals surface area contributed by atoms with E-state index in [0.29, 0.717) is 6.54 Å². The van der Waals surface area contributed by atoms with Crippen molar-refractivity contribution in [1.29, 1.82) is 0 Å². The third-order valence-electron chi connectivity index (χ3n) is 4.58. The van der Waals surface area contributed by atoms with Gasteiger partial charge in [-0.2, -0.15) is 0 Å². The summed E-state index contributed by atoms with van der Waals surface area (Å²) in [5.41, 5.74) is 0. The van der Waals surface area contributed by atoms with Gasteiger partial charge in [0.2, 0.25) is 5.91 Å². The molecule has 2 atom stereocenters. The fourth-order valence-corrected chi connectivity index (χ4v) is 4.24. The number of aromatic nitrogens is 3. The van der Waals surface area contributed by atoms with E-state index in [0.717, 1.165) is 13.1 Å². The van der Waals surface area contributed by atoms with Gasteiger partial charge in [0.15, 0.2) is 0 Å². The first kappa shape index (κ1) is 17.1. The minimum Gasteiger partial charge on any atom is -0.352 e. The Morgan fingerprint density at radius 2 is 2.00 bits per heavy atom. The molecule has 0 spiro atoms. The van der Waals surface area contributed by atoms with Crippen molar-refractivity contribution in [2.24, 2.45) is 5.92 Å². The first-order valence-corrected chi connectivity index (χ1v) is 9.44. The van der Waals surface area contributed by atoms with Crippen LogP contribution in [-0.4, -0.2) is 45.2 Å². The second kappa shape index (κ2) is 7.90. The highest BCUT2D eigenvalue weighted by molar-refractivity contribution is 7.10. The molecule has 0 aromatic carbocycles. The van der Waals surface area contributed by atoms with Gasteiger partial charge in [-0.3, -0.25) is 9.69 Å². The fraction of sp³-hybridized carbons (Fsp3) is 0.588. The molecule has 2 aromatic rings. The van der Waals surface area contributed by atoms with Gasteiger partial charge >= 0.3 is 0 Å². The molecule has 1 amide bonds. The number of amides is 1. The van der Waals surface area contributed by atoms with Crippen LogP contribution in [0, 0.1) is 5.92 Å². The summed E-state index contributed by atoms with van der Waals surface area (Å²) in [5, 5.41) is 12.9. The van der Waals surface area contributed by atoms with Crippen molar-refractivity contribution in [3.63, 3.8) is 0 Å². The van der Waals surface area contributed by atoms with Gasteiger partial charge in [0.1, 0.15) is 18.7 Å². The zero-order valence-corrected chi connectivity index (χ0v) is 15.1. The second-order valence-corrected chi connectivity index (χ2v) is 7.60. The van der Waals surface area contributed by atoms with Crippen LogP contribution in [0.2, 0.25) is 0 Å². The molecule has 130 valence electrons. The highest BCUT2D eigenvalue weighted by atomic mass is 32.1. The van der Waals surface area contributed by atoms with E-state index in [2.05, 4.69) is 37.9 Å². The van der Waals surface area contributed by atoms with Crippen LogP contribution in [0.25, 0.3) is 0 Å². The maximum Gasteiger partial charge on any atom is 0.243 e. The molecule has 3 heterocycles. The van der Waals surface area contributed by atoms with Crippen molar-refractivity contribution in [3.8, 4) is 0 Å². The first-order chi connectivity index (χ1) is 11.7. The average Bonchev–Trinajstić information content (AvgIpc) is 3.31. The molecule has 24 heavy (non-hydrogen) atoms. The number of nitrogens with zero attached hydrogens (tertiary/aromatic N) is 4. The average molecular weight is 347 g/mol. The van der Waals surface area contributed by atoms with Crippen molar-refractivity contribution >= 4 is 17.2 Å². The van der Waals surface area contributed by atoms with Gasteiger partial charge in [0, 0.05) is 11.4 Å². The van der Waals surface area contributed by atoms with Gasteiger partial charge in [0.25, 0.3) is 0 Å². The first-order valence-electron chi connectivity index (χ1n) is 8.56. The monoisotopic (exact) mass is 347 g/mol. The van der Waals surface area contributed by atoms with E-state index in [1.165, 1.54) is 17.7 Å². The SMILES string of the molecule is CC(C)C(C(=O)NCC(c1cccs1)N1CCCC1)n1cnnc1. The molecule has 7 heteroatoms. The van der Waals surface area contributed by atoms with E-state index < -0.39 is 0 Å². The molecular formula is C17H25N5OS. The van der Waals surface area contributed by atoms with Gasteiger partial charge < -0.3 is 9.88 Å². The zero-order chi connectivity index (χ0) is 16.9. The summed E-state index contributed by atoms with van der Waals surface area (Å²) in [6.45, 7) is 6.95. The maximum atomic E-state index is 12.8. The van der Waals surface area contributed by atoms with E-state index in [1.54, 1.807) is 28.6 Å². The van der Waals surface area contributed by atoms with Crippen molar-refractivity contribution in [2.45, 2.75) is 38.8 Å². The van der Waals surface area contributed by atoms with E-state index in [-0.39, 0.29) is 23.9 Å². The van der Waals surface area contributed by atoms with Crippen molar-refractivity contribution in [3.05, 3.63) is 35.0 Å². The Kier molecular flexibility index (Phi) is 5.63. The molecule has 1 aliphatic rings. The normalized spacial score (nSPS) is 18.0. The highest BCUT2D eigenvalue weighted by Gasteiger charge is 2.28. The molecule has 1 fully saturated rings. The molecule has 0 bridgehead atoms. The van der Waals surface area contributed by atoms with Crippen molar-refractivity contribution in [1.82, 2.24) is 25.0 Å². The van der Waals surface area contributed by atoms with Crippen molar-refractivity contribution < 1.29 is 4.79 Å². The summed E-state index contributed by atoms with van der Waals surface area (Å²) in [5.74, 6) is 0.207. The van der Waals surface area contributed by atoms with Crippen LogP contribution in [0.4, 0.5) is 0 Å². The van der Waals surface area contributed by atoms with Crippen LogP contribution in [0.15, 0.2) is 30.2 Å². The second-order valence-electron chi connectivity index (χ2n) is 6.62. The largest absolute Gasteiger partial charge is 0.352 e. The number of hydrogen-bond donors (Lipinski definition) is 1. The van der Waals surface area contributed by atoms with Crippen molar-refractivity contribution in [2.75, 3.05) is 19.6 Å². The topological polar surface area (TPSA) is 63.1 Å². The zero-order valence-electron chi connectivity index (χ0n) is 14.3. The Balaban J connectivity index is 1.68. The predicted octanol–water partition coefficient (Wildman–Crippen LogP) is 2.49. The molecule has 0 aliphatic carbocycles. The van der Waals surface area contributed by atoms with Gasteiger partial charge in [-0.05, 0) is 43.3 Å². The summed E-state index contributed by atoms with van der Waals surface area (Å²) < 4.78 is 1.79. The van der Waals surface area contributed by atoms with E-state index in [4.69, 9.17) is 0 Å². The van der Waals surface area contributed by atoms with Gasteiger partial charge in [0.05, 0.1) is 6.04 Å². The Labute approximate surface area is 146 Å². The minimum atomic E-state index is -0.275. The minimum absolute atomic E-state index is 0.0329. The van der Waals surface area contributed by atoms with E-state index in [9.17, 15) is 4.79 Å². The third kappa shape index (κ3) is 3.84. The van der Waals surface area contributed by atoms with Gasteiger partial charge in [-0.25, -0.2) is 0 Å². The number of hydrogen-bond acceptors (Lipinski definition) is 5. The lowest BCUT2D eigenvalue weighted by Crippen LogP contribution is -2.40. The number of thiophene rings is 1. The summed E-state index contributed by atoms with van der Waals surface area (Å²) >= 11 is 1.76. The summed E-state index contributed by atoms with van der Waals surface area (Å²) in [6, 6.07) is 4.24. The standard InChI is InChI=1S/C17H25N5OS/c1-13(2)16(22-11-19-20-12-22)17(23)18-10-14(15-6-5-9-24-15)21-7-3-4-8-21/h5-6,9,11-14,16H,3-4,7-8,10H2,1-2H3,(H,18,23). The highest BCUT2D eigenvalue weighted by Crippen LogP contribution is 2.28. The van der Waals surface area contributed by atoms with Crippen LogP contribution in [-0.2, 0) is 4.79 Å². The molecule has 2 unspecified atom stereocenters. The quantitative estimate of drug-likeness (QED) is 0.836. The van der Waals surface area contributed by atoms with E-state index >= 15 is 0 Å². The van der Waals surface area contributed by atoms with Crippen LogP contribution < -0.4 is 5.32 Å². The number of carbonyl (C=O) groups is 1. The Morgan fingerprint density at radius 3 is 2.58 bits per heavy atom. The summed E-state index contributed by atoms with van der Waals surface area (Å²) in [4.78, 5) is 16.6. The Bertz CT molecular complexity index is 619. The summed E-state index contributed by atoms with van der Waals surface area (Å²) in [7, 11) is 0. The molecule has 0 saturated carbocycles. The molecule has 3 rings (SSSR count). The van der Waals surface area contributed by atoms with Gasteiger partial charge in [-0.1, -0.05) is 19.9 Å². The lowest BCUT2D eigenvalue weighted by Gasteiger charge is -2.28. The molecule has 1 N–H and O–H groups in total. The smallest absolute Gasteiger partial charge is 0.243 e.